The molecule has 2 unspecified atom stereocenters. The maximum absolute atomic E-state index is 15.5. The van der Waals surface area contributed by atoms with Crippen LogP contribution in [-0.4, -0.2) is 23.1 Å². The molecule has 0 radical (unpaired) electrons. The Morgan fingerprint density at radius 3 is 2.28 bits per heavy atom. The van der Waals surface area contributed by atoms with E-state index in [1.807, 2.05) is 6.92 Å². The third kappa shape index (κ3) is 4.66. The van der Waals surface area contributed by atoms with Crippen molar-refractivity contribution in [3.8, 4) is 0 Å². The summed E-state index contributed by atoms with van der Waals surface area (Å²) in [5.74, 6) is -1.48. The van der Waals surface area contributed by atoms with Crippen LogP contribution < -0.4 is 10.2 Å². The molecule has 5 rings (SSSR count). The van der Waals surface area contributed by atoms with E-state index in [1.54, 1.807) is 13.0 Å². The van der Waals surface area contributed by atoms with Crippen LogP contribution in [0.4, 0.5) is 24.7 Å². The number of halogens is 3. The molecule has 3 aromatic rings. The van der Waals surface area contributed by atoms with Crippen LogP contribution in [-0.2, 0) is 18.8 Å². The van der Waals surface area contributed by atoms with E-state index in [0.717, 1.165) is 54.6 Å². The number of piperidine rings is 1. The Balaban J connectivity index is 1.56. The molecule has 1 aliphatic carbocycles. The van der Waals surface area contributed by atoms with Crippen LogP contribution in [0.2, 0.25) is 0 Å². The van der Waals surface area contributed by atoms with E-state index in [1.165, 1.54) is 49.2 Å². The Morgan fingerprint density at radius 2 is 1.69 bits per heavy atom. The SMILES string of the molecule is CCc1c(N2CC3C(CC)C3C2)cc2c(N[C@H](C)c3cccc(C(F)(F)C(C)C)c3F)nc(C)nc2c1CC. The molecule has 1 aliphatic heterocycles. The summed E-state index contributed by atoms with van der Waals surface area (Å²) in [6, 6.07) is 5.89. The smallest absolute Gasteiger partial charge is 0.278 e. The van der Waals surface area contributed by atoms with Crippen molar-refractivity contribution in [3.05, 3.63) is 58.2 Å². The monoisotopic (exact) mass is 538 g/mol. The highest BCUT2D eigenvalue weighted by Gasteiger charge is 2.54. The third-order valence-electron chi connectivity index (χ3n) is 9.12. The highest BCUT2D eigenvalue weighted by molar-refractivity contribution is 5.96. The summed E-state index contributed by atoms with van der Waals surface area (Å²) in [6.45, 7) is 15.3. The lowest BCUT2D eigenvalue weighted by Crippen LogP contribution is -2.25. The van der Waals surface area contributed by atoms with Crippen molar-refractivity contribution in [2.75, 3.05) is 23.3 Å². The van der Waals surface area contributed by atoms with E-state index >= 15 is 4.39 Å². The first-order valence-electron chi connectivity index (χ1n) is 14.5. The molecule has 7 heteroatoms. The summed E-state index contributed by atoms with van der Waals surface area (Å²) < 4.78 is 45.1. The Bertz CT molecular complexity index is 1370. The van der Waals surface area contributed by atoms with E-state index in [2.05, 4.69) is 37.1 Å². The molecule has 2 aromatic carbocycles. The fourth-order valence-corrected chi connectivity index (χ4v) is 6.82. The molecule has 0 spiro atoms. The second-order valence-electron chi connectivity index (χ2n) is 11.7. The maximum Gasteiger partial charge on any atom is 0.278 e. The maximum atomic E-state index is 15.5. The van der Waals surface area contributed by atoms with Crippen LogP contribution in [0.25, 0.3) is 10.9 Å². The number of nitrogens with zero attached hydrogens (tertiary/aromatic N) is 3. The van der Waals surface area contributed by atoms with Crippen molar-refractivity contribution < 1.29 is 13.2 Å². The molecule has 2 fully saturated rings. The lowest BCUT2D eigenvalue weighted by molar-refractivity contribution is -0.0545. The summed E-state index contributed by atoms with van der Waals surface area (Å²) in [5, 5.41) is 4.27. The van der Waals surface area contributed by atoms with Crippen molar-refractivity contribution in [1.82, 2.24) is 9.97 Å². The number of benzene rings is 2. The van der Waals surface area contributed by atoms with Gasteiger partial charge in [0, 0.05) is 35.6 Å². The number of alkyl halides is 2. The lowest BCUT2D eigenvalue weighted by Gasteiger charge is -2.28. The van der Waals surface area contributed by atoms with E-state index in [-0.39, 0.29) is 5.56 Å². The Labute approximate surface area is 230 Å². The lowest BCUT2D eigenvalue weighted by atomic mass is 9.93. The van der Waals surface area contributed by atoms with Crippen molar-refractivity contribution in [2.45, 2.75) is 79.7 Å². The largest absolute Gasteiger partial charge is 0.371 e. The molecule has 1 aromatic heterocycles. The summed E-state index contributed by atoms with van der Waals surface area (Å²) in [5.41, 5.74) is 4.36. The van der Waals surface area contributed by atoms with Gasteiger partial charge in [-0.05, 0) is 61.6 Å². The van der Waals surface area contributed by atoms with Crippen LogP contribution >= 0.6 is 0 Å². The van der Waals surface area contributed by atoms with Crippen LogP contribution in [0.5, 0.6) is 0 Å². The number of anilines is 2. The van der Waals surface area contributed by atoms with Gasteiger partial charge in [-0.1, -0.05) is 59.2 Å². The first-order valence-corrected chi connectivity index (χ1v) is 14.5. The Morgan fingerprint density at radius 1 is 1.03 bits per heavy atom. The minimum Gasteiger partial charge on any atom is -0.371 e. The van der Waals surface area contributed by atoms with Gasteiger partial charge < -0.3 is 10.2 Å². The van der Waals surface area contributed by atoms with Gasteiger partial charge in [0.1, 0.15) is 17.5 Å². The number of fused-ring (bicyclic) bond motifs is 2. The number of nitrogens with one attached hydrogen (secondary N) is 1. The molecule has 1 saturated carbocycles. The first-order chi connectivity index (χ1) is 18.5. The number of aromatic nitrogens is 2. The summed E-state index contributed by atoms with van der Waals surface area (Å²) in [7, 11) is 0. The van der Waals surface area contributed by atoms with E-state index in [9.17, 15) is 8.78 Å². The molecular formula is C32H41F3N4. The molecule has 2 heterocycles. The first kappa shape index (κ1) is 27.7. The van der Waals surface area contributed by atoms with Gasteiger partial charge in [0.15, 0.2) is 0 Å². The predicted molar refractivity (Wildman–Crippen MR) is 153 cm³/mol. The summed E-state index contributed by atoms with van der Waals surface area (Å²) in [6.07, 6.45) is 3.02. The van der Waals surface area contributed by atoms with Gasteiger partial charge in [-0.15, -0.1) is 0 Å². The zero-order valence-corrected chi connectivity index (χ0v) is 24.2. The predicted octanol–water partition coefficient (Wildman–Crippen LogP) is 8.22. The van der Waals surface area contributed by atoms with Crippen LogP contribution in [0.1, 0.15) is 82.1 Å². The second kappa shape index (κ2) is 10.3. The average Bonchev–Trinajstić information content (AvgIpc) is 3.37. The molecule has 1 saturated heterocycles. The van der Waals surface area contributed by atoms with Gasteiger partial charge in [0.25, 0.3) is 5.92 Å². The molecule has 210 valence electrons. The van der Waals surface area contributed by atoms with Gasteiger partial charge in [0.2, 0.25) is 0 Å². The minimum atomic E-state index is -3.26. The topological polar surface area (TPSA) is 41.0 Å². The Hall–Kier alpha value is -2.83. The zero-order valence-electron chi connectivity index (χ0n) is 24.2. The number of hydrogen-bond donors (Lipinski definition) is 1. The minimum absolute atomic E-state index is 0.198. The molecule has 3 atom stereocenters. The molecule has 1 N–H and O–H groups in total. The second-order valence-corrected chi connectivity index (χ2v) is 11.7. The highest BCUT2D eigenvalue weighted by Crippen LogP contribution is 2.55. The summed E-state index contributed by atoms with van der Waals surface area (Å²) in [4.78, 5) is 12.1. The molecule has 0 bridgehead atoms. The normalized spacial score (nSPS) is 21.5. The standard InChI is InChI=1S/C32H41F3N4/c1-8-20-25-15-39(16-26(20)25)28-14-24-30(22(10-3)21(28)9-2)37-19(7)38-31(24)36-18(6)23-12-11-13-27(29(23)33)32(34,35)17(4)5/h11-14,17-18,20,25-26H,8-10,15-16H2,1-7H3,(H,36,37,38)/t18-,20?,25?,26?/m1/s1. The summed E-state index contributed by atoms with van der Waals surface area (Å²) >= 11 is 0. The van der Waals surface area contributed by atoms with Crippen molar-refractivity contribution in [1.29, 1.82) is 0 Å². The van der Waals surface area contributed by atoms with Gasteiger partial charge in [-0.25, -0.2) is 23.1 Å². The Kier molecular flexibility index (Phi) is 7.32. The van der Waals surface area contributed by atoms with Crippen LogP contribution in [0.15, 0.2) is 24.3 Å². The number of rotatable bonds is 9. The third-order valence-corrected chi connectivity index (χ3v) is 9.12. The molecular weight excluding hydrogens is 497 g/mol. The van der Waals surface area contributed by atoms with Crippen molar-refractivity contribution in [2.24, 2.45) is 23.7 Å². The molecule has 39 heavy (non-hydrogen) atoms. The van der Waals surface area contributed by atoms with Gasteiger partial charge in [-0.3, -0.25) is 0 Å². The van der Waals surface area contributed by atoms with Gasteiger partial charge in [-0.2, -0.15) is 0 Å². The van der Waals surface area contributed by atoms with Crippen LogP contribution in [0.3, 0.4) is 0 Å². The van der Waals surface area contributed by atoms with Crippen molar-refractivity contribution in [3.63, 3.8) is 0 Å². The number of aryl methyl sites for hydroxylation is 2. The van der Waals surface area contributed by atoms with E-state index in [0.29, 0.717) is 11.6 Å². The van der Waals surface area contributed by atoms with Gasteiger partial charge >= 0.3 is 0 Å². The quantitative estimate of drug-likeness (QED) is 0.298. The fraction of sp³-hybridized carbons (Fsp3) is 0.562. The fourth-order valence-electron chi connectivity index (χ4n) is 6.82. The van der Waals surface area contributed by atoms with E-state index < -0.39 is 29.3 Å². The zero-order chi connectivity index (χ0) is 28.2. The van der Waals surface area contributed by atoms with Gasteiger partial charge in [0.05, 0.1) is 17.1 Å². The van der Waals surface area contributed by atoms with Crippen LogP contribution in [0, 0.1) is 36.4 Å². The molecule has 0 amide bonds. The molecule has 2 aliphatic rings. The van der Waals surface area contributed by atoms with Crippen molar-refractivity contribution >= 4 is 22.4 Å². The molecule has 4 nitrogen and oxygen atoms in total. The number of hydrogen-bond acceptors (Lipinski definition) is 4. The average molecular weight is 539 g/mol. The van der Waals surface area contributed by atoms with E-state index in [4.69, 9.17) is 9.97 Å². The highest BCUT2D eigenvalue weighted by atomic mass is 19.3.